The zero-order chi connectivity index (χ0) is 11.2. The van der Waals surface area contributed by atoms with Gasteiger partial charge in [0.15, 0.2) is 0 Å². The van der Waals surface area contributed by atoms with Gasteiger partial charge in [0.25, 0.3) is 0 Å². The van der Waals surface area contributed by atoms with Crippen molar-refractivity contribution >= 4 is 6.09 Å². The molecular formula is C12H13NO3. The summed E-state index contributed by atoms with van der Waals surface area (Å²) in [6.45, 7) is 0.423. The molecule has 1 atom stereocenters. The van der Waals surface area contributed by atoms with Crippen LogP contribution in [0.15, 0.2) is 18.2 Å². The predicted molar refractivity (Wildman–Crippen MR) is 57.5 cm³/mol. The first-order chi connectivity index (χ1) is 7.73. The maximum atomic E-state index is 11.2. The van der Waals surface area contributed by atoms with Crippen molar-refractivity contribution in [2.24, 2.45) is 0 Å². The van der Waals surface area contributed by atoms with Gasteiger partial charge in [-0.1, -0.05) is 6.07 Å². The molecular weight excluding hydrogens is 206 g/mol. The van der Waals surface area contributed by atoms with Crippen LogP contribution < -0.4 is 10.1 Å². The summed E-state index contributed by atoms with van der Waals surface area (Å²) in [5, 5.41) is 2.92. The molecule has 0 radical (unpaired) electrons. The summed E-state index contributed by atoms with van der Waals surface area (Å²) in [6.07, 6.45) is 1.56. The van der Waals surface area contributed by atoms with Gasteiger partial charge in [0.05, 0.1) is 7.11 Å². The number of fused-ring (bicyclic) bond motifs is 2. The molecule has 4 nitrogen and oxygen atoms in total. The van der Waals surface area contributed by atoms with Gasteiger partial charge < -0.3 is 14.8 Å². The van der Waals surface area contributed by atoms with Gasteiger partial charge in [-0.05, 0) is 36.1 Å². The van der Waals surface area contributed by atoms with Crippen LogP contribution in [-0.4, -0.2) is 19.8 Å². The molecule has 2 aliphatic rings. The van der Waals surface area contributed by atoms with E-state index in [-0.39, 0.29) is 11.6 Å². The minimum atomic E-state index is -0.323. The molecule has 1 amide bonds. The van der Waals surface area contributed by atoms with E-state index in [2.05, 4.69) is 11.4 Å². The number of cyclic esters (lactones) is 1. The number of alkyl carbamates (subject to hydrolysis) is 1. The van der Waals surface area contributed by atoms with Crippen molar-refractivity contribution < 1.29 is 14.3 Å². The highest BCUT2D eigenvalue weighted by molar-refractivity contribution is 5.72. The van der Waals surface area contributed by atoms with E-state index in [4.69, 9.17) is 9.47 Å². The molecule has 3 rings (SSSR count). The van der Waals surface area contributed by atoms with Crippen molar-refractivity contribution in [3.8, 4) is 5.75 Å². The molecule has 1 fully saturated rings. The fraction of sp³-hybridized carbons (Fsp3) is 0.417. The normalized spacial score (nSPS) is 26.4. The van der Waals surface area contributed by atoms with Crippen LogP contribution >= 0.6 is 0 Å². The monoisotopic (exact) mass is 219 g/mol. The van der Waals surface area contributed by atoms with Crippen LogP contribution in [0.25, 0.3) is 0 Å². The Labute approximate surface area is 93.5 Å². The van der Waals surface area contributed by atoms with Crippen molar-refractivity contribution in [2.45, 2.75) is 18.4 Å². The first-order valence-corrected chi connectivity index (χ1v) is 5.36. The molecule has 4 heteroatoms. The Morgan fingerprint density at radius 1 is 1.50 bits per heavy atom. The lowest BCUT2D eigenvalue weighted by Crippen LogP contribution is -2.38. The van der Waals surface area contributed by atoms with E-state index in [0.29, 0.717) is 6.61 Å². The Morgan fingerprint density at radius 2 is 2.38 bits per heavy atom. The number of rotatable bonds is 1. The maximum Gasteiger partial charge on any atom is 0.408 e. The largest absolute Gasteiger partial charge is 0.497 e. The minimum absolute atomic E-state index is 0.318. The summed E-state index contributed by atoms with van der Waals surface area (Å²) in [6, 6.07) is 6.01. The van der Waals surface area contributed by atoms with Crippen LogP contribution in [0, 0.1) is 0 Å². The van der Waals surface area contributed by atoms with E-state index in [1.54, 1.807) is 7.11 Å². The molecule has 1 aromatic carbocycles. The second-order valence-corrected chi connectivity index (χ2v) is 4.31. The average molecular weight is 219 g/mol. The van der Waals surface area contributed by atoms with Gasteiger partial charge >= 0.3 is 6.09 Å². The summed E-state index contributed by atoms with van der Waals surface area (Å²) >= 11 is 0. The number of nitrogens with one attached hydrogen (secondary N) is 1. The predicted octanol–water partition coefficient (Wildman–Crippen LogP) is 1.58. The number of aryl methyl sites for hydroxylation is 1. The number of amides is 1. The van der Waals surface area contributed by atoms with E-state index in [0.717, 1.165) is 24.2 Å². The maximum absolute atomic E-state index is 11.2. The van der Waals surface area contributed by atoms with Gasteiger partial charge in [-0.15, -0.1) is 0 Å². The number of hydrogen-bond acceptors (Lipinski definition) is 3. The highest BCUT2D eigenvalue weighted by Crippen LogP contribution is 2.41. The van der Waals surface area contributed by atoms with Crippen molar-refractivity contribution in [3.63, 3.8) is 0 Å². The van der Waals surface area contributed by atoms with Gasteiger partial charge in [-0.3, -0.25) is 0 Å². The van der Waals surface area contributed by atoms with Crippen molar-refractivity contribution in [1.29, 1.82) is 0 Å². The first-order valence-electron chi connectivity index (χ1n) is 5.36. The zero-order valence-electron chi connectivity index (χ0n) is 9.08. The third-order valence-electron chi connectivity index (χ3n) is 3.44. The van der Waals surface area contributed by atoms with Crippen LogP contribution in [0.1, 0.15) is 17.5 Å². The molecule has 1 saturated heterocycles. The summed E-state index contributed by atoms with van der Waals surface area (Å²) in [5.74, 6) is 0.821. The first kappa shape index (κ1) is 9.51. The molecule has 84 valence electrons. The number of hydrogen-bond donors (Lipinski definition) is 1. The van der Waals surface area contributed by atoms with Crippen LogP contribution in [0.3, 0.4) is 0 Å². The van der Waals surface area contributed by atoms with Gasteiger partial charge in [-0.2, -0.15) is 0 Å². The number of benzene rings is 1. The lowest BCUT2D eigenvalue weighted by molar-refractivity contribution is 0.172. The van der Waals surface area contributed by atoms with Crippen LogP contribution in [0.4, 0.5) is 4.79 Å². The highest BCUT2D eigenvalue weighted by atomic mass is 16.6. The van der Waals surface area contributed by atoms with Gasteiger partial charge in [0.2, 0.25) is 0 Å². The van der Waals surface area contributed by atoms with Crippen molar-refractivity contribution in [2.75, 3.05) is 13.7 Å². The molecule has 0 saturated carbocycles. The highest BCUT2D eigenvalue weighted by Gasteiger charge is 2.45. The Hall–Kier alpha value is -1.71. The van der Waals surface area contributed by atoms with Gasteiger partial charge in [-0.25, -0.2) is 4.79 Å². The summed E-state index contributed by atoms with van der Waals surface area (Å²) < 4.78 is 10.2. The Kier molecular flexibility index (Phi) is 1.87. The Morgan fingerprint density at radius 3 is 3.06 bits per heavy atom. The van der Waals surface area contributed by atoms with E-state index >= 15 is 0 Å². The van der Waals surface area contributed by atoms with Crippen LogP contribution in [-0.2, 0) is 16.7 Å². The number of carbonyl (C=O) groups is 1. The van der Waals surface area contributed by atoms with Gasteiger partial charge in [0.1, 0.15) is 17.9 Å². The smallest absolute Gasteiger partial charge is 0.408 e. The fourth-order valence-corrected chi connectivity index (χ4v) is 2.56. The van der Waals surface area contributed by atoms with Crippen molar-refractivity contribution in [3.05, 3.63) is 29.3 Å². The molecule has 0 aromatic heterocycles. The van der Waals surface area contributed by atoms with Crippen LogP contribution in [0.5, 0.6) is 5.75 Å². The minimum Gasteiger partial charge on any atom is -0.497 e. The summed E-state index contributed by atoms with van der Waals surface area (Å²) in [7, 11) is 1.65. The molecule has 1 heterocycles. The molecule has 0 bridgehead atoms. The topological polar surface area (TPSA) is 47.6 Å². The number of carbonyl (C=O) groups excluding carboxylic acids is 1. The standard InChI is InChI=1S/C12H13NO3/c1-15-9-3-2-8-4-5-12(10(8)6-9)7-16-11(14)13-12/h2-3,6H,4-5,7H2,1H3,(H,13,14). The van der Waals surface area contributed by atoms with E-state index in [1.165, 1.54) is 5.56 Å². The SMILES string of the molecule is COc1ccc2c(c1)C1(CC2)COC(=O)N1. The summed E-state index contributed by atoms with van der Waals surface area (Å²) in [5.41, 5.74) is 2.09. The molecule has 1 spiro atoms. The quantitative estimate of drug-likeness (QED) is 0.780. The molecule has 1 aliphatic heterocycles. The zero-order valence-corrected chi connectivity index (χ0v) is 9.08. The van der Waals surface area contributed by atoms with Gasteiger partial charge in [0, 0.05) is 0 Å². The third-order valence-corrected chi connectivity index (χ3v) is 3.44. The van der Waals surface area contributed by atoms with Crippen LogP contribution in [0.2, 0.25) is 0 Å². The second kappa shape index (κ2) is 3.14. The molecule has 1 N–H and O–H groups in total. The average Bonchev–Trinajstić information content (AvgIpc) is 2.85. The molecule has 1 unspecified atom stereocenters. The number of ether oxygens (including phenoxy) is 2. The second-order valence-electron chi connectivity index (χ2n) is 4.31. The molecule has 16 heavy (non-hydrogen) atoms. The Balaban J connectivity index is 2.07. The fourth-order valence-electron chi connectivity index (χ4n) is 2.56. The summed E-state index contributed by atoms with van der Waals surface area (Å²) in [4.78, 5) is 11.2. The third kappa shape index (κ3) is 1.19. The lowest BCUT2D eigenvalue weighted by Gasteiger charge is -2.21. The lowest BCUT2D eigenvalue weighted by atomic mass is 9.93. The van der Waals surface area contributed by atoms with E-state index in [1.807, 2.05) is 12.1 Å². The Bertz CT molecular complexity index is 458. The molecule has 1 aromatic rings. The van der Waals surface area contributed by atoms with E-state index in [9.17, 15) is 4.79 Å². The molecule has 1 aliphatic carbocycles. The van der Waals surface area contributed by atoms with Crippen molar-refractivity contribution in [1.82, 2.24) is 5.32 Å². The van der Waals surface area contributed by atoms with E-state index < -0.39 is 0 Å². The number of methoxy groups -OCH3 is 1.